The number of ether oxygens (including phenoxy) is 2. The Labute approximate surface area is 180 Å². The molecule has 0 radical (unpaired) electrons. The molecule has 0 amide bonds. The van der Waals surface area contributed by atoms with Gasteiger partial charge in [-0.15, -0.1) is 0 Å². The van der Waals surface area contributed by atoms with Gasteiger partial charge in [-0.05, 0) is 60.1 Å². The third kappa shape index (κ3) is 3.76. The lowest BCUT2D eigenvalue weighted by atomic mass is 9.88. The van der Waals surface area contributed by atoms with Gasteiger partial charge in [0.1, 0.15) is 13.2 Å². The fourth-order valence-electron chi connectivity index (χ4n) is 4.11. The van der Waals surface area contributed by atoms with Gasteiger partial charge in [0.2, 0.25) is 11.8 Å². The number of aryl methyl sites for hydroxylation is 2. The average molecular weight is 405 g/mol. The molecule has 0 unspecified atom stereocenters. The number of hydrogen-bond donors (Lipinski definition) is 0. The number of nitrogens with zero attached hydrogens (tertiary/aromatic N) is 2. The maximum Gasteiger partial charge on any atom is 0.217 e. The van der Waals surface area contributed by atoms with Crippen molar-refractivity contribution >= 4 is 11.8 Å². The highest BCUT2D eigenvalue weighted by Crippen LogP contribution is 2.36. The Balaban J connectivity index is 1.87. The van der Waals surface area contributed by atoms with Crippen LogP contribution in [0.5, 0.6) is 0 Å². The molecule has 0 saturated heterocycles. The van der Waals surface area contributed by atoms with Crippen LogP contribution < -0.4 is 0 Å². The fraction of sp³-hybridized carbons (Fsp3) is 0.462. The summed E-state index contributed by atoms with van der Waals surface area (Å²) < 4.78 is 12.1. The van der Waals surface area contributed by atoms with Crippen molar-refractivity contribution in [2.45, 2.75) is 53.6 Å². The van der Waals surface area contributed by atoms with Gasteiger partial charge in [-0.25, -0.2) is 9.98 Å². The van der Waals surface area contributed by atoms with Crippen molar-refractivity contribution in [3.05, 3.63) is 58.7 Å². The number of rotatable bonds is 5. The second kappa shape index (κ2) is 8.25. The largest absolute Gasteiger partial charge is 0.475 e. The monoisotopic (exact) mass is 404 g/mol. The van der Waals surface area contributed by atoms with Crippen LogP contribution in [0, 0.1) is 25.7 Å². The summed E-state index contributed by atoms with van der Waals surface area (Å²) in [5.41, 5.74) is 6.81. The molecular weight excluding hydrogens is 372 g/mol. The van der Waals surface area contributed by atoms with E-state index in [1.807, 2.05) is 0 Å². The Bertz CT molecular complexity index is 923. The molecule has 158 valence electrons. The van der Waals surface area contributed by atoms with Crippen LogP contribution in [0.2, 0.25) is 0 Å². The highest BCUT2D eigenvalue weighted by molar-refractivity contribution is 6.08. The molecule has 2 aliphatic rings. The molecule has 0 N–H and O–H groups in total. The molecule has 0 fully saturated rings. The van der Waals surface area contributed by atoms with E-state index in [0.717, 1.165) is 34.0 Å². The number of hydrogen-bond acceptors (Lipinski definition) is 4. The lowest BCUT2D eigenvalue weighted by Crippen LogP contribution is -2.13. The average Bonchev–Trinajstić information content (AvgIpc) is 3.38. The smallest absolute Gasteiger partial charge is 0.217 e. The summed E-state index contributed by atoms with van der Waals surface area (Å²) in [6.45, 7) is 14.4. The van der Waals surface area contributed by atoms with E-state index in [4.69, 9.17) is 19.5 Å². The molecule has 4 nitrogen and oxygen atoms in total. The maximum atomic E-state index is 6.07. The first-order chi connectivity index (χ1) is 14.4. The first-order valence-electron chi connectivity index (χ1n) is 11.0. The van der Waals surface area contributed by atoms with Gasteiger partial charge in [-0.1, -0.05) is 52.0 Å². The predicted molar refractivity (Wildman–Crippen MR) is 124 cm³/mol. The first-order valence-corrected chi connectivity index (χ1v) is 11.0. The molecule has 2 aliphatic heterocycles. The van der Waals surface area contributed by atoms with Crippen molar-refractivity contribution in [2.75, 3.05) is 13.2 Å². The van der Waals surface area contributed by atoms with Crippen molar-refractivity contribution < 1.29 is 9.47 Å². The second-order valence-electron chi connectivity index (χ2n) is 9.11. The summed E-state index contributed by atoms with van der Waals surface area (Å²) >= 11 is 0. The lowest BCUT2D eigenvalue weighted by molar-refractivity contribution is 0.291. The van der Waals surface area contributed by atoms with E-state index in [9.17, 15) is 0 Å². The zero-order valence-electron chi connectivity index (χ0n) is 18.9. The van der Waals surface area contributed by atoms with E-state index in [-0.39, 0.29) is 12.1 Å². The highest BCUT2D eigenvalue weighted by atomic mass is 16.5. The van der Waals surface area contributed by atoms with E-state index >= 15 is 0 Å². The molecule has 2 atom stereocenters. The third-order valence-corrected chi connectivity index (χ3v) is 6.14. The minimum Gasteiger partial charge on any atom is -0.475 e. The molecule has 0 spiro atoms. The summed E-state index contributed by atoms with van der Waals surface area (Å²) in [5, 5.41) is 0. The lowest BCUT2D eigenvalue weighted by Gasteiger charge is -2.18. The Kier molecular flexibility index (Phi) is 5.68. The number of benzene rings is 2. The SMILES string of the molecule is Cc1cccc(C2=N[C@@H](C(C)C)CO2)c1-c1c(C)cccc1C1=N[C@@H](C(C)C)CO1. The minimum absolute atomic E-state index is 0.207. The van der Waals surface area contributed by atoms with Crippen molar-refractivity contribution in [1.82, 2.24) is 0 Å². The zero-order valence-corrected chi connectivity index (χ0v) is 18.9. The van der Waals surface area contributed by atoms with Crippen molar-refractivity contribution in [1.29, 1.82) is 0 Å². The van der Waals surface area contributed by atoms with E-state index < -0.39 is 0 Å². The van der Waals surface area contributed by atoms with Crippen LogP contribution in [0.15, 0.2) is 46.4 Å². The Morgan fingerprint density at radius 1 is 0.700 bits per heavy atom. The Morgan fingerprint density at radius 2 is 1.10 bits per heavy atom. The van der Waals surface area contributed by atoms with Crippen LogP contribution in [0.3, 0.4) is 0 Å². The first kappa shape index (κ1) is 20.6. The summed E-state index contributed by atoms with van der Waals surface area (Å²) in [7, 11) is 0. The molecule has 4 heteroatoms. The standard InChI is InChI=1S/C26H32N2O2/c1-15(2)21-13-29-25(27-21)19-11-7-9-17(5)23(19)24-18(6)10-8-12-20(24)26-28-22(14-30-26)16(3)4/h7-12,15-16,21-22H,13-14H2,1-6H3/t21-,22-/m1/s1. The normalized spacial score (nSPS) is 20.9. The summed E-state index contributed by atoms with van der Waals surface area (Å²) in [6.07, 6.45) is 0. The van der Waals surface area contributed by atoms with Crippen LogP contribution in [0.4, 0.5) is 0 Å². The Hall–Kier alpha value is -2.62. The quantitative estimate of drug-likeness (QED) is 0.653. The van der Waals surface area contributed by atoms with Gasteiger partial charge in [0.15, 0.2) is 0 Å². The summed E-state index contributed by atoms with van der Waals surface area (Å²) in [5.74, 6) is 2.41. The van der Waals surface area contributed by atoms with Crippen LogP contribution in [0.1, 0.15) is 49.9 Å². The molecule has 4 rings (SSSR count). The summed E-state index contributed by atoms with van der Waals surface area (Å²) in [4.78, 5) is 9.82. The van der Waals surface area contributed by atoms with E-state index in [2.05, 4.69) is 77.9 Å². The van der Waals surface area contributed by atoms with Gasteiger partial charge < -0.3 is 9.47 Å². The van der Waals surface area contributed by atoms with Gasteiger partial charge in [0.05, 0.1) is 12.1 Å². The van der Waals surface area contributed by atoms with Crippen LogP contribution in [-0.4, -0.2) is 37.1 Å². The second-order valence-corrected chi connectivity index (χ2v) is 9.11. The third-order valence-electron chi connectivity index (χ3n) is 6.14. The molecule has 2 aromatic carbocycles. The van der Waals surface area contributed by atoms with Crippen LogP contribution >= 0.6 is 0 Å². The van der Waals surface area contributed by atoms with Gasteiger partial charge in [0.25, 0.3) is 0 Å². The fourth-order valence-corrected chi connectivity index (χ4v) is 4.11. The van der Waals surface area contributed by atoms with Crippen molar-refractivity contribution in [3.63, 3.8) is 0 Å². The molecule has 2 heterocycles. The van der Waals surface area contributed by atoms with E-state index in [1.54, 1.807) is 0 Å². The van der Waals surface area contributed by atoms with Crippen LogP contribution in [0.25, 0.3) is 11.1 Å². The van der Waals surface area contributed by atoms with E-state index in [0.29, 0.717) is 25.0 Å². The van der Waals surface area contributed by atoms with Gasteiger partial charge >= 0.3 is 0 Å². The van der Waals surface area contributed by atoms with Crippen LogP contribution in [-0.2, 0) is 9.47 Å². The molecule has 0 saturated carbocycles. The van der Waals surface area contributed by atoms with Crippen molar-refractivity contribution in [2.24, 2.45) is 21.8 Å². The van der Waals surface area contributed by atoms with Gasteiger partial charge in [0, 0.05) is 11.1 Å². The molecule has 0 bridgehead atoms. The molecule has 0 aliphatic carbocycles. The predicted octanol–water partition coefficient (Wildman–Crippen LogP) is 5.57. The number of aliphatic imine (C=N–C) groups is 2. The maximum absolute atomic E-state index is 6.07. The highest BCUT2D eigenvalue weighted by Gasteiger charge is 2.29. The van der Waals surface area contributed by atoms with Gasteiger partial charge in [-0.3, -0.25) is 0 Å². The molecule has 0 aromatic heterocycles. The van der Waals surface area contributed by atoms with Gasteiger partial charge in [-0.2, -0.15) is 0 Å². The summed E-state index contributed by atoms with van der Waals surface area (Å²) in [6, 6.07) is 13.1. The topological polar surface area (TPSA) is 43.2 Å². The zero-order chi connectivity index (χ0) is 21.4. The van der Waals surface area contributed by atoms with Crippen molar-refractivity contribution in [3.8, 4) is 11.1 Å². The Morgan fingerprint density at radius 3 is 1.43 bits per heavy atom. The molecule has 2 aromatic rings. The molecule has 30 heavy (non-hydrogen) atoms. The van der Waals surface area contributed by atoms with E-state index in [1.165, 1.54) is 11.1 Å². The minimum atomic E-state index is 0.207. The molecular formula is C26H32N2O2.